The number of hydrogen-bond donors (Lipinski definition) is 2. The summed E-state index contributed by atoms with van der Waals surface area (Å²) >= 11 is 14.7. The third-order valence-electron chi connectivity index (χ3n) is 3.36. The summed E-state index contributed by atoms with van der Waals surface area (Å²) in [4.78, 5) is 0. The Morgan fingerprint density at radius 3 is 2.79 bits per heavy atom. The fourth-order valence-corrected chi connectivity index (χ4v) is 2.88. The lowest BCUT2D eigenvalue weighted by Gasteiger charge is -2.12. The first kappa shape index (κ1) is 19.0. The second-order valence-electron chi connectivity index (χ2n) is 5.15. The van der Waals surface area contributed by atoms with Gasteiger partial charge in [0.05, 0.1) is 11.6 Å². The van der Waals surface area contributed by atoms with Gasteiger partial charge >= 0.3 is 0 Å². The van der Waals surface area contributed by atoms with Crippen LogP contribution in [0.25, 0.3) is 0 Å². The number of anilines is 1. The van der Waals surface area contributed by atoms with Crippen molar-refractivity contribution in [3.8, 4) is 5.75 Å². The number of thiocarbonyl (C=S) groups is 1. The summed E-state index contributed by atoms with van der Waals surface area (Å²) in [7, 11) is 0. The van der Waals surface area contributed by atoms with Gasteiger partial charge in [-0.2, -0.15) is 0 Å². The Morgan fingerprint density at radius 1 is 1.25 bits per heavy atom. The molecule has 24 heavy (non-hydrogen) atoms. The van der Waals surface area contributed by atoms with Gasteiger partial charge in [-0.25, -0.2) is 0 Å². The summed E-state index contributed by atoms with van der Waals surface area (Å²) in [5.41, 5.74) is 2.09. The van der Waals surface area contributed by atoms with Crippen LogP contribution in [0.15, 0.2) is 46.9 Å². The first-order valence-corrected chi connectivity index (χ1v) is 9.38. The molecule has 2 rings (SSSR count). The van der Waals surface area contributed by atoms with Crippen molar-refractivity contribution in [2.75, 3.05) is 18.5 Å². The topological polar surface area (TPSA) is 33.3 Å². The Balaban J connectivity index is 1.76. The summed E-state index contributed by atoms with van der Waals surface area (Å²) in [5, 5.41) is 7.58. The summed E-state index contributed by atoms with van der Waals surface area (Å²) in [6, 6.07) is 13.8. The minimum Gasteiger partial charge on any atom is -0.494 e. The molecule has 6 heteroatoms. The van der Waals surface area contributed by atoms with Gasteiger partial charge in [-0.1, -0.05) is 29.8 Å². The molecule has 0 unspecified atom stereocenters. The van der Waals surface area contributed by atoms with E-state index in [1.807, 2.05) is 43.3 Å². The molecule has 0 aromatic heterocycles. The summed E-state index contributed by atoms with van der Waals surface area (Å²) in [6.07, 6.45) is 1.91. The van der Waals surface area contributed by atoms with Crippen LogP contribution in [0.2, 0.25) is 5.02 Å². The summed E-state index contributed by atoms with van der Waals surface area (Å²) in [5.74, 6) is 0.963. The highest BCUT2D eigenvalue weighted by Gasteiger charge is 2.04. The zero-order chi connectivity index (χ0) is 17.4. The number of nitrogens with one attached hydrogen (secondary N) is 2. The van der Waals surface area contributed by atoms with Gasteiger partial charge in [-0.15, -0.1) is 0 Å². The molecule has 128 valence electrons. The molecule has 3 nitrogen and oxygen atoms in total. The van der Waals surface area contributed by atoms with Gasteiger partial charge in [0.1, 0.15) is 5.75 Å². The molecule has 0 heterocycles. The fourth-order valence-electron chi connectivity index (χ4n) is 2.24. The van der Waals surface area contributed by atoms with E-state index in [0.717, 1.165) is 35.3 Å². The fraction of sp³-hybridized carbons (Fsp3) is 0.278. The Labute approximate surface area is 161 Å². The first-order valence-electron chi connectivity index (χ1n) is 7.80. The van der Waals surface area contributed by atoms with Crippen LogP contribution in [0.5, 0.6) is 5.75 Å². The predicted molar refractivity (Wildman–Crippen MR) is 109 cm³/mol. The lowest BCUT2D eigenvalue weighted by Crippen LogP contribution is -2.29. The van der Waals surface area contributed by atoms with Crippen LogP contribution in [-0.2, 0) is 6.42 Å². The maximum absolute atomic E-state index is 6.07. The quantitative estimate of drug-likeness (QED) is 0.456. The van der Waals surface area contributed by atoms with Crippen molar-refractivity contribution in [1.82, 2.24) is 5.32 Å². The van der Waals surface area contributed by atoms with E-state index in [4.69, 9.17) is 28.6 Å². The van der Waals surface area contributed by atoms with E-state index in [-0.39, 0.29) is 0 Å². The number of rotatable bonds is 7. The predicted octanol–water partition coefficient (Wildman–Crippen LogP) is 5.42. The summed E-state index contributed by atoms with van der Waals surface area (Å²) < 4.78 is 6.50. The number of benzene rings is 2. The lowest BCUT2D eigenvalue weighted by atomic mass is 10.1. The zero-order valence-corrected chi connectivity index (χ0v) is 16.6. The van der Waals surface area contributed by atoms with Gasteiger partial charge in [-0.3, -0.25) is 0 Å². The van der Waals surface area contributed by atoms with Crippen molar-refractivity contribution in [3.05, 3.63) is 57.5 Å². The normalized spacial score (nSPS) is 10.3. The second kappa shape index (κ2) is 9.87. The molecular formula is C18H20BrClN2OS. The number of aryl methyl sites for hydroxylation is 1. The van der Waals surface area contributed by atoms with Crippen LogP contribution in [0.4, 0.5) is 5.69 Å². The van der Waals surface area contributed by atoms with Crippen LogP contribution in [0.1, 0.15) is 18.9 Å². The van der Waals surface area contributed by atoms with Crippen LogP contribution in [0.3, 0.4) is 0 Å². The molecule has 0 aliphatic heterocycles. The first-order chi connectivity index (χ1) is 11.6. The smallest absolute Gasteiger partial charge is 0.170 e. The molecule has 2 N–H and O–H groups in total. The molecule has 0 atom stereocenters. The van der Waals surface area contributed by atoms with Crippen molar-refractivity contribution in [2.45, 2.75) is 19.8 Å². The average Bonchev–Trinajstić information content (AvgIpc) is 2.57. The molecular weight excluding hydrogens is 408 g/mol. The third kappa shape index (κ3) is 5.96. The minimum atomic E-state index is 0.589. The standard InChI is InChI=1S/C18H20BrClN2OS/c1-2-23-17-8-4-3-6-13(17)7-5-11-21-18(24)22-14-9-10-15(19)16(20)12-14/h3-4,6,8-10,12H,2,5,7,11H2,1H3,(H2,21,22,24). The summed E-state index contributed by atoms with van der Waals surface area (Å²) in [6.45, 7) is 3.46. The van der Waals surface area contributed by atoms with Crippen LogP contribution in [0, 0.1) is 0 Å². The average molecular weight is 428 g/mol. The Kier molecular flexibility index (Phi) is 7.82. The van der Waals surface area contributed by atoms with Crippen LogP contribution < -0.4 is 15.4 Å². The number of hydrogen-bond acceptors (Lipinski definition) is 2. The molecule has 0 amide bonds. The molecule has 2 aromatic carbocycles. The van der Waals surface area contributed by atoms with Crippen molar-refractivity contribution in [3.63, 3.8) is 0 Å². The van der Waals surface area contributed by atoms with Crippen molar-refractivity contribution in [2.24, 2.45) is 0 Å². The highest BCUT2D eigenvalue weighted by Crippen LogP contribution is 2.25. The third-order valence-corrected chi connectivity index (χ3v) is 4.84. The molecule has 0 spiro atoms. The Morgan fingerprint density at radius 2 is 2.04 bits per heavy atom. The van der Waals surface area contributed by atoms with E-state index >= 15 is 0 Å². The Hall–Kier alpha value is -1.30. The number of halogens is 2. The van der Waals surface area contributed by atoms with E-state index in [1.165, 1.54) is 5.56 Å². The number of ether oxygens (including phenoxy) is 1. The van der Waals surface area contributed by atoms with Gasteiger partial charge in [0, 0.05) is 16.7 Å². The zero-order valence-electron chi connectivity index (χ0n) is 13.4. The molecule has 2 aromatic rings. The maximum Gasteiger partial charge on any atom is 0.170 e. The largest absolute Gasteiger partial charge is 0.494 e. The van der Waals surface area contributed by atoms with E-state index < -0.39 is 0 Å². The highest BCUT2D eigenvalue weighted by molar-refractivity contribution is 9.10. The van der Waals surface area contributed by atoms with Gasteiger partial charge in [0.2, 0.25) is 0 Å². The second-order valence-corrected chi connectivity index (χ2v) is 6.82. The Bertz CT molecular complexity index is 696. The van der Waals surface area contributed by atoms with Crippen LogP contribution >= 0.6 is 39.7 Å². The van der Waals surface area contributed by atoms with Gasteiger partial charge in [0.25, 0.3) is 0 Å². The molecule has 0 aliphatic carbocycles. The van der Waals surface area contributed by atoms with E-state index in [2.05, 4.69) is 32.6 Å². The molecule has 0 aliphatic rings. The van der Waals surface area contributed by atoms with E-state index in [0.29, 0.717) is 16.7 Å². The van der Waals surface area contributed by atoms with Gasteiger partial charge < -0.3 is 15.4 Å². The van der Waals surface area contributed by atoms with Crippen molar-refractivity contribution in [1.29, 1.82) is 0 Å². The molecule has 0 radical (unpaired) electrons. The lowest BCUT2D eigenvalue weighted by molar-refractivity contribution is 0.336. The molecule has 0 fully saturated rings. The van der Waals surface area contributed by atoms with Crippen molar-refractivity contribution < 1.29 is 4.74 Å². The SMILES string of the molecule is CCOc1ccccc1CCCNC(=S)Nc1ccc(Br)c(Cl)c1. The van der Waals surface area contributed by atoms with Gasteiger partial charge in [-0.05, 0) is 77.7 Å². The molecule has 0 saturated carbocycles. The van der Waals surface area contributed by atoms with E-state index in [1.54, 1.807) is 0 Å². The van der Waals surface area contributed by atoms with Crippen molar-refractivity contribution >= 4 is 50.5 Å². The minimum absolute atomic E-state index is 0.589. The van der Waals surface area contributed by atoms with E-state index in [9.17, 15) is 0 Å². The maximum atomic E-state index is 6.07. The molecule has 0 bridgehead atoms. The van der Waals surface area contributed by atoms with Gasteiger partial charge in [0.15, 0.2) is 5.11 Å². The highest BCUT2D eigenvalue weighted by atomic mass is 79.9. The monoisotopic (exact) mass is 426 g/mol. The molecule has 0 saturated heterocycles. The number of para-hydroxylation sites is 1. The van der Waals surface area contributed by atoms with Crippen LogP contribution in [-0.4, -0.2) is 18.3 Å².